The first kappa shape index (κ1) is 15.6. The summed E-state index contributed by atoms with van der Waals surface area (Å²) in [6, 6.07) is 2.86. The van der Waals surface area contributed by atoms with Gasteiger partial charge in [0.2, 0.25) is 5.91 Å². The Kier molecular flexibility index (Phi) is 4.39. The fraction of sp³-hybridized carbons (Fsp3) is 0.500. The van der Waals surface area contributed by atoms with Crippen molar-refractivity contribution in [2.45, 2.75) is 32.0 Å². The van der Waals surface area contributed by atoms with Crippen molar-refractivity contribution in [1.29, 1.82) is 0 Å². The van der Waals surface area contributed by atoms with Crippen LogP contribution < -0.4 is 5.32 Å². The predicted octanol–water partition coefficient (Wildman–Crippen LogP) is 3.27. The SMILES string of the molecule is CCN(C(=O)CNc1ccc(F)c(C(F)(F)F)c1)C1CC1. The molecular formula is C14H16F4N2O. The van der Waals surface area contributed by atoms with E-state index in [1.54, 1.807) is 4.90 Å². The maximum atomic E-state index is 13.1. The Balaban J connectivity index is 2.01. The zero-order valence-electron chi connectivity index (χ0n) is 11.5. The molecule has 0 spiro atoms. The minimum atomic E-state index is -4.75. The third-order valence-corrected chi connectivity index (χ3v) is 3.36. The van der Waals surface area contributed by atoms with E-state index in [0.717, 1.165) is 18.9 Å². The number of nitrogens with one attached hydrogen (secondary N) is 1. The van der Waals surface area contributed by atoms with E-state index in [9.17, 15) is 22.4 Å². The second kappa shape index (κ2) is 5.91. The summed E-state index contributed by atoms with van der Waals surface area (Å²) in [7, 11) is 0. The zero-order valence-corrected chi connectivity index (χ0v) is 11.5. The molecule has 1 saturated carbocycles. The van der Waals surface area contributed by atoms with E-state index in [1.807, 2.05) is 6.92 Å². The Morgan fingerprint density at radius 2 is 2.05 bits per heavy atom. The van der Waals surface area contributed by atoms with Gasteiger partial charge in [-0.05, 0) is 38.0 Å². The number of halogens is 4. The van der Waals surface area contributed by atoms with Gasteiger partial charge in [0.05, 0.1) is 12.1 Å². The van der Waals surface area contributed by atoms with Crippen molar-refractivity contribution in [3.8, 4) is 0 Å². The van der Waals surface area contributed by atoms with Crippen molar-refractivity contribution in [2.75, 3.05) is 18.4 Å². The summed E-state index contributed by atoms with van der Waals surface area (Å²) >= 11 is 0. The maximum Gasteiger partial charge on any atom is 0.419 e. The Bertz CT molecular complexity index is 526. The maximum absolute atomic E-state index is 13.1. The predicted molar refractivity (Wildman–Crippen MR) is 70.3 cm³/mol. The number of anilines is 1. The van der Waals surface area contributed by atoms with Gasteiger partial charge in [0, 0.05) is 18.3 Å². The number of benzene rings is 1. The summed E-state index contributed by atoms with van der Waals surface area (Å²) in [5.41, 5.74) is -1.27. The molecule has 116 valence electrons. The molecule has 7 heteroatoms. The van der Waals surface area contributed by atoms with E-state index in [0.29, 0.717) is 12.6 Å². The van der Waals surface area contributed by atoms with Crippen LogP contribution in [0.2, 0.25) is 0 Å². The molecule has 0 heterocycles. The van der Waals surface area contributed by atoms with E-state index >= 15 is 0 Å². The Hall–Kier alpha value is -1.79. The number of rotatable bonds is 5. The largest absolute Gasteiger partial charge is 0.419 e. The summed E-state index contributed by atoms with van der Waals surface area (Å²) in [5, 5.41) is 2.62. The smallest absolute Gasteiger partial charge is 0.376 e. The molecule has 1 aliphatic carbocycles. The van der Waals surface area contributed by atoms with Crippen LogP contribution in [0.4, 0.5) is 23.2 Å². The number of likely N-dealkylation sites (N-methyl/N-ethyl adjacent to an activating group) is 1. The Labute approximate surface area is 119 Å². The zero-order chi connectivity index (χ0) is 15.6. The third-order valence-electron chi connectivity index (χ3n) is 3.36. The lowest BCUT2D eigenvalue weighted by Gasteiger charge is -2.21. The minimum absolute atomic E-state index is 0.0731. The van der Waals surface area contributed by atoms with Crippen LogP contribution in [-0.2, 0) is 11.0 Å². The summed E-state index contributed by atoms with van der Waals surface area (Å²) in [6.45, 7) is 2.32. The fourth-order valence-electron chi connectivity index (χ4n) is 2.16. The molecule has 1 N–H and O–H groups in total. The first-order valence-electron chi connectivity index (χ1n) is 6.73. The van der Waals surface area contributed by atoms with Crippen molar-refractivity contribution in [3.05, 3.63) is 29.6 Å². The van der Waals surface area contributed by atoms with Gasteiger partial charge in [0.1, 0.15) is 5.82 Å². The van der Waals surface area contributed by atoms with Crippen molar-refractivity contribution >= 4 is 11.6 Å². The standard InChI is InChI=1S/C14H16F4N2O/c1-2-20(10-4-5-10)13(21)8-19-9-3-6-12(15)11(7-9)14(16,17)18/h3,6-7,10,19H,2,4-5,8H2,1H3. The van der Waals surface area contributed by atoms with Crippen molar-refractivity contribution in [3.63, 3.8) is 0 Å². The number of nitrogens with zero attached hydrogens (tertiary/aromatic N) is 1. The Morgan fingerprint density at radius 3 is 2.57 bits per heavy atom. The van der Waals surface area contributed by atoms with Crippen molar-refractivity contribution < 1.29 is 22.4 Å². The highest BCUT2D eigenvalue weighted by Crippen LogP contribution is 2.33. The van der Waals surface area contributed by atoms with Crippen molar-refractivity contribution in [1.82, 2.24) is 4.90 Å². The van der Waals surface area contributed by atoms with Crippen LogP contribution in [0.5, 0.6) is 0 Å². The number of hydrogen-bond acceptors (Lipinski definition) is 2. The van der Waals surface area contributed by atoms with Gasteiger partial charge in [0.25, 0.3) is 0 Å². The summed E-state index contributed by atoms with van der Waals surface area (Å²) in [4.78, 5) is 13.6. The molecule has 1 aliphatic rings. The first-order valence-corrected chi connectivity index (χ1v) is 6.73. The Morgan fingerprint density at radius 1 is 1.38 bits per heavy atom. The number of hydrogen-bond donors (Lipinski definition) is 1. The molecule has 0 atom stereocenters. The topological polar surface area (TPSA) is 32.3 Å². The van der Waals surface area contributed by atoms with Gasteiger partial charge in [-0.25, -0.2) is 4.39 Å². The van der Waals surface area contributed by atoms with Crippen LogP contribution in [0.3, 0.4) is 0 Å². The molecular weight excluding hydrogens is 288 g/mol. The second-order valence-electron chi connectivity index (χ2n) is 4.96. The summed E-state index contributed by atoms with van der Waals surface area (Å²) < 4.78 is 50.9. The second-order valence-corrected chi connectivity index (χ2v) is 4.96. The number of alkyl halides is 3. The summed E-state index contributed by atoms with van der Waals surface area (Å²) in [6.07, 6.45) is -2.82. The minimum Gasteiger partial charge on any atom is -0.376 e. The van der Waals surface area contributed by atoms with Gasteiger partial charge < -0.3 is 10.2 Å². The van der Waals surface area contributed by atoms with Gasteiger partial charge in [0.15, 0.2) is 0 Å². The molecule has 0 saturated heterocycles. The normalized spacial score (nSPS) is 14.9. The third kappa shape index (κ3) is 3.86. The highest BCUT2D eigenvalue weighted by atomic mass is 19.4. The van der Waals surface area contributed by atoms with Crippen LogP contribution in [0, 0.1) is 5.82 Å². The lowest BCUT2D eigenvalue weighted by Crippen LogP contribution is -2.37. The fourth-order valence-corrected chi connectivity index (χ4v) is 2.16. The quantitative estimate of drug-likeness (QED) is 0.847. The van der Waals surface area contributed by atoms with E-state index in [-0.39, 0.29) is 24.2 Å². The molecule has 21 heavy (non-hydrogen) atoms. The van der Waals surface area contributed by atoms with Crippen LogP contribution in [0.1, 0.15) is 25.3 Å². The van der Waals surface area contributed by atoms with Crippen LogP contribution in [0.25, 0.3) is 0 Å². The molecule has 1 amide bonds. The van der Waals surface area contributed by atoms with Gasteiger partial charge in [-0.15, -0.1) is 0 Å². The number of carbonyl (C=O) groups excluding carboxylic acids is 1. The average Bonchev–Trinajstić information content (AvgIpc) is 3.22. The molecule has 0 bridgehead atoms. The van der Waals surface area contributed by atoms with E-state index < -0.39 is 17.6 Å². The molecule has 3 nitrogen and oxygen atoms in total. The number of carbonyl (C=O) groups is 1. The summed E-state index contributed by atoms with van der Waals surface area (Å²) in [5.74, 6) is -1.49. The first-order chi connectivity index (χ1) is 9.82. The molecule has 0 aliphatic heterocycles. The molecule has 1 aromatic carbocycles. The lowest BCUT2D eigenvalue weighted by molar-refractivity contribution is -0.140. The van der Waals surface area contributed by atoms with Crippen LogP contribution >= 0.6 is 0 Å². The van der Waals surface area contributed by atoms with Gasteiger partial charge in [-0.1, -0.05) is 0 Å². The van der Waals surface area contributed by atoms with E-state index in [4.69, 9.17) is 0 Å². The molecule has 1 fully saturated rings. The van der Waals surface area contributed by atoms with E-state index in [1.165, 1.54) is 6.07 Å². The highest BCUT2D eigenvalue weighted by Gasteiger charge is 2.34. The number of amides is 1. The average molecular weight is 304 g/mol. The van der Waals surface area contributed by atoms with Crippen molar-refractivity contribution in [2.24, 2.45) is 0 Å². The van der Waals surface area contributed by atoms with Gasteiger partial charge >= 0.3 is 6.18 Å². The lowest BCUT2D eigenvalue weighted by atomic mass is 10.2. The van der Waals surface area contributed by atoms with E-state index in [2.05, 4.69) is 5.32 Å². The van der Waals surface area contributed by atoms with Gasteiger partial charge in [-0.2, -0.15) is 13.2 Å². The van der Waals surface area contributed by atoms with Crippen LogP contribution in [-0.4, -0.2) is 29.9 Å². The monoisotopic (exact) mass is 304 g/mol. The highest BCUT2D eigenvalue weighted by molar-refractivity contribution is 5.81. The molecule has 0 unspecified atom stereocenters. The molecule has 2 rings (SSSR count). The molecule has 0 aromatic heterocycles. The van der Waals surface area contributed by atoms with Gasteiger partial charge in [-0.3, -0.25) is 4.79 Å². The molecule has 0 radical (unpaired) electrons. The molecule has 1 aromatic rings. The van der Waals surface area contributed by atoms with Crippen LogP contribution in [0.15, 0.2) is 18.2 Å².